The van der Waals surface area contributed by atoms with Crippen LogP contribution in [0.25, 0.3) is 11.0 Å². The third kappa shape index (κ3) is 3.12. The quantitative estimate of drug-likeness (QED) is 0.715. The molecular formula is C17H20N6O2. The first-order valence-corrected chi connectivity index (χ1v) is 8.40. The van der Waals surface area contributed by atoms with Crippen molar-refractivity contribution in [2.45, 2.75) is 13.0 Å². The van der Waals surface area contributed by atoms with E-state index in [0.29, 0.717) is 12.2 Å². The maximum Gasteiger partial charge on any atom is 0.272 e. The summed E-state index contributed by atoms with van der Waals surface area (Å²) in [5.74, 6) is 0.0460. The average Bonchev–Trinajstić information content (AvgIpc) is 3.20. The van der Waals surface area contributed by atoms with Gasteiger partial charge in [0.05, 0.1) is 12.5 Å². The molecule has 3 aromatic rings. The molecule has 0 radical (unpaired) electrons. The second kappa shape index (κ2) is 6.64. The van der Waals surface area contributed by atoms with Gasteiger partial charge in [-0.25, -0.2) is 9.61 Å². The van der Waals surface area contributed by atoms with E-state index in [9.17, 15) is 4.79 Å². The minimum atomic E-state index is 0.0460. The van der Waals surface area contributed by atoms with Crippen LogP contribution >= 0.6 is 0 Å². The molecule has 25 heavy (non-hydrogen) atoms. The first-order chi connectivity index (χ1) is 12.2. The Balaban J connectivity index is 1.44. The van der Waals surface area contributed by atoms with Crippen LogP contribution in [0.5, 0.6) is 0 Å². The molecular weight excluding hydrogens is 320 g/mol. The van der Waals surface area contributed by atoms with Crippen LogP contribution in [0.15, 0.2) is 35.4 Å². The number of nitrogens with zero attached hydrogens (tertiary/aromatic N) is 6. The number of aromatic nitrogens is 4. The summed E-state index contributed by atoms with van der Waals surface area (Å²) in [4.78, 5) is 21.0. The first kappa shape index (κ1) is 15.8. The molecule has 0 spiro atoms. The van der Waals surface area contributed by atoms with E-state index in [4.69, 9.17) is 4.63 Å². The smallest absolute Gasteiger partial charge is 0.272 e. The van der Waals surface area contributed by atoms with Gasteiger partial charge < -0.3 is 9.47 Å². The fraction of sp³-hybridized carbons (Fsp3) is 0.412. The molecule has 1 aliphatic rings. The van der Waals surface area contributed by atoms with E-state index in [2.05, 4.69) is 26.3 Å². The van der Waals surface area contributed by atoms with Crippen molar-refractivity contribution in [3.05, 3.63) is 42.0 Å². The number of rotatable bonds is 3. The van der Waals surface area contributed by atoms with Crippen LogP contribution in [0.2, 0.25) is 0 Å². The number of fused-ring (bicyclic) bond motifs is 1. The zero-order valence-corrected chi connectivity index (χ0v) is 14.1. The number of imidazole rings is 1. The SMILES string of the molecule is Cn1cncc1C(=O)N1CCCN(Cc2cccc3nonc23)CC1. The lowest BCUT2D eigenvalue weighted by Gasteiger charge is -2.22. The van der Waals surface area contributed by atoms with Crippen LogP contribution in [-0.4, -0.2) is 61.8 Å². The number of aryl methyl sites for hydroxylation is 1. The highest BCUT2D eigenvalue weighted by Gasteiger charge is 2.22. The molecule has 1 amide bonds. The maximum absolute atomic E-state index is 12.7. The maximum atomic E-state index is 12.7. The molecule has 2 aromatic heterocycles. The van der Waals surface area contributed by atoms with Gasteiger partial charge >= 0.3 is 0 Å². The lowest BCUT2D eigenvalue weighted by molar-refractivity contribution is 0.0751. The van der Waals surface area contributed by atoms with Gasteiger partial charge in [-0.15, -0.1) is 0 Å². The van der Waals surface area contributed by atoms with E-state index >= 15 is 0 Å². The second-order valence-corrected chi connectivity index (χ2v) is 6.36. The first-order valence-electron chi connectivity index (χ1n) is 8.40. The highest BCUT2D eigenvalue weighted by Crippen LogP contribution is 2.18. The summed E-state index contributed by atoms with van der Waals surface area (Å²) in [5, 5.41) is 7.90. The summed E-state index contributed by atoms with van der Waals surface area (Å²) in [6.45, 7) is 4.01. The van der Waals surface area contributed by atoms with Crippen molar-refractivity contribution >= 4 is 16.9 Å². The van der Waals surface area contributed by atoms with Crippen LogP contribution in [0.4, 0.5) is 0 Å². The zero-order valence-electron chi connectivity index (χ0n) is 14.1. The molecule has 1 fully saturated rings. The van der Waals surface area contributed by atoms with Gasteiger partial charge in [-0.05, 0) is 28.4 Å². The van der Waals surface area contributed by atoms with E-state index in [1.807, 2.05) is 24.1 Å². The van der Waals surface area contributed by atoms with Crippen LogP contribution in [0.3, 0.4) is 0 Å². The molecule has 3 heterocycles. The van der Waals surface area contributed by atoms with Gasteiger partial charge in [0.15, 0.2) is 0 Å². The molecule has 130 valence electrons. The Morgan fingerprint density at radius 2 is 2.12 bits per heavy atom. The van der Waals surface area contributed by atoms with E-state index in [0.717, 1.165) is 49.2 Å². The Kier molecular flexibility index (Phi) is 4.19. The molecule has 4 rings (SSSR count). The Bertz CT molecular complexity index is 886. The molecule has 0 atom stereocenters. The Morgan fingerprint density at radius 3 is 2.96 bits per heavy atom. The average molecular weight is 340 g/mol. The van der Waals surface area contributed by atoms with Crippen molar-refractivity contribution < 1.29 is 9.42 Å². The molecule has 1 aliphatic heterocycles. The summed E-state index contributed by atoms with van der Waals surface area (Å²) in [6, 6.07) is 5.92. The molecule has 0 bridgehead atoms. The van der Waals surface area contributed by atoms with E-state index < -0.39 is 0 Å². The molecule has 0 N–H and O–H groups in total. The van der Waals surface area contributed by atoms with Crippen LogP contribution in [-0.2, 0) is 13.6 Å². The summed E-state index contributed by atoms with van der Waals surface area (Å²) in [7, 11) is 1.84. The standard InChI is InChI=1S/C17H20N6O2/c1-21-12-18-10-15(21)17(24)23-7-3-6-22(8-9-23)11-13-4-2-5-14-16(13)20-25-19-14/h2,4-5,10,12H,3,6-9,11H2,1H3. The highest BCUT2D eigenvalue weighted by molar-refractivity contribution is 5.92. The number of carbonyl (C=O) groups excluding carboxylic acids is 1. The predicted octanol–water partition coefficient (Wildman–Crippen LogP) is 1.30. The third-order valence-electron chi connectivity index (χ3n) is 4.68. The zero-order chi connectivity index (χ0) is 17.2. The summed E-state index contributed by atoms with van der Waals surface area (Å²) >= 11 is 0. The lowest BCUT2D eigenvalue weighted by Crippen LogP contribution is -2.35. The number of amides is 1. The Labute approximate surface area is 145 Å². The topological polar surface area (TPSA) is 80.3 Å². The van der Waals surface area contributed by atoms with E-state index in [1.54, 1.807) is 17.1 Å². The van der Waals surface area contributed by atoms with Gasteiger partial charge in [-0.1, -0.05) is 12.1 Å². The van der Waals surface area contributed by atoms with Crippen molar-refractivity contribution in [3.63, 3.8) is 0 Å². The second-order valence-electron chi connectivity index (χ2n) is 6.36. The van der Waals surface area contributed by atoms with Crippen molar-refractivity contribution in [1.29, 1.82) is 0 Å². The molecule has 1 aromatic carbocycles. The van der Waals surface area contributed by atoms with Crippen molar-refractivity contribution in [1.82, 2.24) is 29.7 Å². The third-order valence-corrected chi connectivity index (χ3v) is 4.68. The summed E-state index contributed by atoms with van der Waals surface area (Å²) < 4.78 is 6.61. The van der Waals surface area contributed by atoms with Gasteiger partial charge in [0.1, 0.15) is 16.7 Å². The summed E-state index contributed by atoms with van der Waals surface area (Å²) in [5.41, 5.74) is 3.33. The van der Waals surface area contributed by atoms with Crippen molar-refractivity contribution in [3.8, 4) is 0 Å². The molecule has 0 aliphatic carbocycles. The van der Waals surface area contributed by atoms with E-state index in [-0.39, 0.29) is 5.91 Å². The fourth-order valence-electron chi connectivity index (χ4n) is 3.29. The van der Waals surface area contributed by atoms with Crippen molar-refractivity contribution in [2.24, 2.45) is 7.05 Å². The van der Waals surface area contributed by atoms with Crippen LogP contribution in [0.1, 0.15) is 22.5 Å². The fourth-order valence-corrected chi connectivity index (χ4v) is 3.29. The molecule has 1 saturated heterocycles. The summed E-state index contributed by atoms with van der Waals surface area (Å²) in [6.07, 6.45) is 4.23. The molecule has 0 unspecified atom stereocenters. The Morgan fingerprint density at radius 1 is 1.20 bits per heavy atom. The molecule has 0 saturated carbocycles. The van der Waals surface area contributed by atoms with Crippen LogP contribution < -0.4 is 0 Å². The van der Waals surface area contributed by atoms with Gasteiger partial charge in [0.2, 0.25) is 0 Å². The number of carbonyl (C=O) groups is 1. The van der Waals surface area contributed by atoms with Gasteiger partial charge in [0, 0.05) is 39.8 Å². The monoisotopic (exact) mass is 340 g/mol. The largest absolute Gasteiger partial charge is 0.336 e. The molecule has 8 heteroatoms. The lowest BCUT2D eigenvalue weighted by atomic mass is 10.1. The Hall–Kier alpha value is -2.74. The van der Waals surface area contributed by atoms with Gasteiger partial charge in [-0.3, -0.25) is 9.69 Å². The highest BCUT2D eigenvalue weighted by atomic mass is 16.6. The molecule has 8 nitrogen and oxygen atoms in total. The van der Waals surface area contributed by atoms with Gasteiger partial charge in [-0.2, -0.15) is 0 Å². The minimum absolute atomic E-state index is 0.0460. The number of hydrogen-bond donors (Lipinski definition) is 0. The van der Waals surface area contributed by atoms with Gasteiger partial charge in [0.25, 0.3) is 5.91 Å². The van der Waals surface area contributed by atoms with Crippen LogP contribution in [0, 0.1) is 0 Å². The predicted molar refractivity (Wildman–Crippen MR) is 90.8 cm³/mol. The van der Waals surface area contributed by atoms with Crippen molar-refractivity contribution in [2.75, 3.05) is 26.2 Å². The minimum Gasteiger partial charge on any atom is -0.336 e. The normalized spacial score (nSPS) is 16.3. The number of benzene rings is 1. The number of hydrogen-bond acceptors (Lipinski definition) is 6. The van der Waals surface area contributed by atoms with E-state index in [1.165, 1.54) is 0 Å².